The average molecular weight is 249 g/mol. The van der Waals surface area contributed by atoms with E-state index in [0.29, 0.717) is 5.89 Å². The minimum atomic E-state index is -0.446. The molecule has 0 spiro atoms. The number of carbonyl (C=O) groups excluding carboxylic acids is 1. The highest BCUT2D eigenvalue weighted by Crippen LogP contribution is 2.22. The van der Waals surface area contributed by atoms with Crippen molar-refractivity contribution in [3.8, 4) is 0 Å². The second-order valence-corrected chi connectivity index (χ2v) is 3.93. The van der Waals surface area contributed by atoms with E-state index in [1.54, 1.807) is 0 Å². The van der Waals surface area contributed by atoms with Gasteiger partial charge in [0.2, 0.25) is 5.89 Å². The van der Waals surface area contributed by atoms with Crippen molar-refractivity contribution in [2.75, 3.05) is 11.9 Å². The molecule has 0 bridgehead atoms. The van der Waals surface area contributed by atoms with Crippen LogP contribution < -0.4 is 10.6 Å². The van der Waals surface area contributed by atoms with E-state index in [-0.39, 0.29) is 17.8 Å². The zero-order valence-electron chi connectivity index (χ0n) is 9.42. The van der Waals surface area contributed by atoms with E-state index in [0.717, 1.165) is 19.4 Å². The number of amides is 1. The van der Waals surface area contributed by atoms with Crippen molar-refractivity contribution in [3.63, 3.8) is 0 Å². The summed E-state index contributed by atoms with van der Waals surface area (Å²) < 4.78 is 9.93. The minimum absolute atomic E-state index is 0.0618. The Morgan fingerprint density at radius 3 is 3.17 bits per heavy atom. The average Bonchev–Trinajstić information content (AvgIpc) is 3.12. The Bertz CT molecular complexity index is 529. The van der Waals surface area contributed by atoms with Crippen molar-refractivity contribution in [3.05, 3.63) is 23.9 Å². The molecule has 0 radical (unpaired) electrons. The van der Waals surface area contributed by atoms with Crippen LogP contribution in [0.25, 0.3) is 0 Å². The molecule has 2 aromatic rings. The van der Waals surface area contributed by atoms with E-state index in [2.05, 4.69) is 30.5 Å². The summed E-state index contributed by atoms with van der Waals surface area (Å²) in [5, 5.41) is 16.9. The first-order valence-electron chi connectivity index (χ1n) is 5.61. The molecule has 1 aliphatic rings. The van der Waals surface area contributed by atoms with Crippen LogP contribution in [0, 0.1) is 0 Å². The van der Waals surface area contributed by atoms with Gasteiger partial charge in [0, 0.05) is 6.07 Å². The molecule has 18 heavy (non-hydrogen) atoms. The number of hydrogen-bond acceptors (Lipinski definition) is 7. The van der Waals surface area contributed by atoms with Crippen LogP contribution in [0.15, 0.2) is 21.3 Å². The number of carbonyl (C=O) groups is 1. The maximum atomic E-state index is 11.6. The third-order valence-corrected chi connectivity index (χ3v) is 2.69. The number of nitrogens with zero attached hydrogens (tertiary/aromatic N) is 3. The van der Waals surface area contributed by atoms with Crippen molar-refractivity contribution in [2.24, 2.45) is 0 Å². The molecule has 0 saturated carbocycles. The van der Waals surface area contributed by atoms with Gasteiger partial charge in [-0.3, -0.25) is 10.1 Å². The van der Waals surface area contributed by atoms with Crippen LogP contribution in [0.5, 0.6) is 0 Å². The van der Waals surface area contributed by atoms with E-state index in [4.69, 9.17) is 4.42 Å². The fraction of sp³-hybridized carbons (Fsp3) is 0.400. The van der Waals surface area contributed by atoms with Gasteiger partial charge in [0.25, 0.3) is 5.91 Å². The first kappa shape index (κ1) is 10.9. The predicted molar refractivity (Wildman–Crippen MR) is 58.7 cm³/mol. The summed E-state index contributed by atoms with van der Waals surface area (Å²) in [6.45, 7) is 0.938. The standard InChI is InChI=1S/C10H11N5O3/c16-8(6-3-5-17-15-6)12-10-14-13-9(18-10)7-2-1-4-11-7/h3,5,7,11H,1-2,4H2,(H,12,14,16). The Morgan fingerprint density at radius 2 is 2.44 bits per heavy atom. The maximum absolute atomic E-state index is 11.6. The highest BCUT2D eigenvalue weighted by atomic mass is 16.5. The Hall–Kier alpha value is -2.22. The molecule has 94 valence electrons. The Balaban J connectivity index is 1.68. The smallest absolute Gasteiger partial charge is 0.322 e. The molecule has 0 aromatic carbocycles. The van der Waals surface area contributed by atoms with Gasteiger partial charge in [0.05, 0.1) is 6.04 Å². The van der Waals surface area contributed by atoms with Crippen LogP contribution >= 0.6 is 0 Å². The third-order valence-electron chi connectivity index (χ3n) is 2.69. The molecule has 1 unspecified atom stereocenters. The lowest BCUT2D eigenvalue weighted by molar-refractivity contribution is 0.101. The summed E-state index contributed by atoms with van der Waals surface area (Å²) in [6.07, 6.45) is 3.35. The monoisotopic (exact) mass is 249 g/mol. The van der Waals surface area contributed by atoms with Gasteiger partial charge < -0.3 is 14.3 Å². The normalized spacial score (nSPS) is 19.0. The van der Waals surface area contributed by atoms with Crippen LogP contribution in [0.2, 0.25) is 0 Å². The van der Waals surface area contributed by atoms with Crippen LogP contribution in [0.4, 0.5) is 6.01 Å². The molecule has 2 aromatic heterocycles. The Labute approximate surface area is 102 Å². The van der Waals surface area contributed by atoms with Gasteiger partial charge in [-0.25, -0.2) is 0 Å². The van der Waals surface area contributed by atoms with E-state index in [1.165, 1.54) is 12.3 Å². The van der Waals surface area contributed by atoms with Gasteiger partial charge >= 0.3 is 6.01 Å². The molecule has 1 saturated heterocycles. The van der Waals surface area contributed by atoms with Gasteiger partial charge in [-0.1, -0.05) is 10.3 Å². The number of hydrogen-bond donors (Lipinski definition) is 2. The molecule has 0 aliphatic carbocycles. The fourth-order valence-electron chi connectivity index (χ4n) is 1.81. The van der Waals surface area contributed by atoms with Crippen molar-refractivity contribution in [2.45, 2.75) is 18.9 Å². The van der Waals surface area contributed by atoms with E-state index in [1.807, 2.05) is 0 Å². The number of nitrogens with one attached hydrogen (secondary N) is 2. The summed E-state index contributed by atoms with van der Waals surface area (Å²) in [5.41, 5.74) is 0.161. The maximum Gasteiger partial charge on any atom is 0.322 e. The molecule has 3 rings (SSSR count). The molecule has 1 aliphatic heterocycles. The van der Waals surface area contributed by atoms with Crippen LogP contribution in [0.1, 0.15) is 35.3 Å². The topological polar surface area (TPSA) is 106 Å². The van der Waals surface area contributed by atoms with E-state index < -0.39 is 5.91 Å². The first-order valence-corrected chi connectivity index (χ1v) is 5.61. The second kappa shape index (κ2) is 4.57. The van der Waals surface area contributed by atoms with Crippen LogP contribution in [-0.2, 0) is 0 Å². The summed E-state index contributed by atoms with van der Waals surface area (Å²) in [4.78, 5) is 11.6. The van der Waals surface area contributed by atoms with Gasteiger partial charge in [0.1, 0.15) is 6.26 Å². The van der Waals surface area contributed by atoms with Gasteiger partial charge in [-0.2, -0.15) is 0 Å². The van der Waals surface area contributed by atoms with E-state index >= 15 is 0 Å². The Kier molecular flexibility index (Phi) is 2.77. The zero-order valence-corrected chi connectivity index (χ0v) is 9.42. The molecular weight excluding hydrogens is 238 g/mol. The lowest BCUT2D eigenvalue weighted by atomic mass is 10.2. The van der Waals surface area contributed by atoms with Crippen molar-refractivity contribution < 1.29 is 13.7 Å². The van der Waals surface area contributed by atoms with E-state index in [9.17, 15) is 4.79 Å². The zero-order chi connectivity index (χ0) is 12.4. The predicted octanol–water partition coefficient (Wildman–Crippen LogP) is 0.734. The third kappa shape index (κ3) is 2.09. The number of aromatic nitrogens is 3. The number of rotatable bonds is 3. The van der Waals surface area contributed by atoms with Gasteiger partial charge in [-0.05, 0) is 19.4 Å². The summed E-state index contributed by atoms with van der Waals surface area (Å²) >= 11 is 0. The van der Waals surface area contributed by atoms with Crippen molar-refractivity contribution in [1.29, 1.82) is 0 Å². The lowest BCUT2D eigenvalue weighted by Gasteiger charge is -2.02. The molecule has 2 N–H and O–H groups in total. The highest BCUT2D eigenvalue weighted by Gasteiger charge is 2.22. The summed E-state index contributed by atoms with van der Waals surface area (Å²) in [5.74, 6) is 0.0429. The molecular formula is C10H11N5O3. The molecule has 3 heterocycles. The lowest BCUT2D eigenvalue weighted by Crippen LogP contribution is -2.13. The molecule has 1 fully saturated rings. The molecule has 1 amide bonds. The highest BCUT2D eigenvalue weighted by molar-refractivity contribution is 6.01. The van der Waals surface area contributed by atoms with Crippen molar-refractivity contribution >= 4 is 11.9 Å². The quantitative estimate of drug-likeness (QED) is 0.825. The largest absolute Gasteiger partial charge is 0.406 e. The first-order chi connectivity index (χ1) is 8.83. The fourth-order valence-corrected chi connectivity index (χ4v) is 1.81. The summed E-state index contributed by atoms with van der Waals surface area (Å²) in [7, 11) is 0. The Morgan fingerprint density at radius 1 is 1.50 bits per heavy atom. The van der Waals surface area contributed by atoms with Gasteiger partial charge in [-0.15, -0.1) is 5.10 Å². The molecule has 1 atom stereocenters. The SMILES string of the molecule is O=C(Nc1nnc(C2CCCN2)o1)c1ccon1. The number of anilines is 1. The van der Waals surface area contributed by atoms with Crippen molar-refractivity contribution in [1.82, 2.24) is 20.7 Å². The van der Waals surface area contributed by atoms with Crippen LogP contribution in [0.3, 0.4) is 0 Å². The van der Waals surface area contributed by atoms with Crippen LogP contribution in [-0.4, -0.2) is 27.8 Å². The molecule has 8 heteroatoms. The van der Waals surface area contributed by atoms with Gasteiger partial charge in [0.15, 0.2) is 5.69 Å². The molecule has 8 nitrogen and oxygen atoms in total. The second-order valence-electron chi connectivity index (χ2n) is 3.93. The minimum Gasteiger partial charge on any atom is -0.406 e. The summed E-state index contributed by atoms with van der Waals surface area (Å²) in [6, 6.07) is 1.59.